The van der Waals surface area contributed by atoms with Crippen LogP contribution in [0.4, 0.5) is 5.82 Å². The molecule has 4 rings (SSSR count). The molecule has 2 heterocycles. The van der Waals surface area contributed by atoms with E-state index >= 15 is 0 Å². The second kappa shape index (κ2) is 5.71. The van der Waals surface area contributed by atoms with Crippen LogP contribution in [0.1, 0.15) is 16.7 Å². The summed E-state index contributed by atoms with van der Waals surface area (Å²) in [5.74, 6) is 1.96. The quantitative estimate of drug-likeness (QED) is 0.789. The molecule has 1 N–H and O–H groups in total. The van der Waals surface area contributed by atoms with Crippen LogP contribution in [-0.4, -0.2) is 23.4 Å². The number of aryl methyl sites for hydroxylation is 2. The molecule has 0 spiro atoms. The highest BCUT2D eigenvalue weighted by Gasteiger charge is 2.25. The number of fused-ring (bicyclic) bond motifs is 1. The van der Waals surface area contributed by atoms with E-state index in [1.807, 2.05) is 22.9 Å². The molecule has 2 aromatic carbocycles. The molecule has 1 aromatic heterocycles. The van der Waals surface area contributed by atoms with Crippen molar-refractivity contribution in [2.45, 2.75) is 20.3 Å². The molecule has 0 unspecified atom stereocenters. The summed E-state index contributed by atoms with van der Waals surface area (Å²) >= 11 is 0. The Morgan fingerprint density at radius 3 is 2.79 bits per heavy atom. The van der Waals surface area contributed by atoms with E-state index in [-0.39, 0.29) is 0 Å². The summed E-state index contributed by atoms with van der Waals surface area (Å²) in [5, 5.41) is 8.46. The van der Waals surface area contributed by atoms with Crippen LogP contribution in [0, 0.1) is 13.8 Å². The van der Waals surface area contributed by atoms with Gasteiger partial charge in [0.1, 0.15) is 17.3 Å². The Hall–Kier alpha value is -2.75. The van der Waals surface area contributed by atoms with E-state index in [4.69, 9.17) is 9.84 Å². The number of aromatic nitrogens is 2. The number of nitrogens with zero attached hydrogens (tertiary/aromatic N) is 2. The number of ether oxygens (including phenoxy) is 1. The molecule has 1 aliphatic rings. The maximum absolute atomic E-state index is 5.55. The molecule has 3 aromatic rings. The van der Waals surface area contributed by atoms with Gasteiger partial charge in [0.15, 0.2) is 0 Å². The largest absolute Gasteiger partial charge is 0.496 e. The number of nitrogens with one attached hydrogen (secondary N) is 1. The van der Waals surface area contributed by atoms with Gasteiger partial charge in [-0.05, 0) is 49.6 Å². The van der Waals surface area contributed by atoms with E-state index < -0.39 is 0 Å². The summed E-state index contributed by atoms with van der Waals surface area (Å²) in [6.07, 6.45) is 0.980. The molecule has 0 saturated heterocycles. The van der Waals surface area contributed by atoms with Crippen LogP contribution in [0.25, 0.3) is 16.9 Å². The normalized spacial score (nSPS) is 12.8. The second-order valence-electron chi connectivity index (χ2n) is 6.25. The average Bonchev–Trinajstić information content (AvgIpc) is 3.19. The van der Waals surface area contributed by atoms with Crippen molar-refractivity contribution in [3.8, 4) is 22.7 Å². The first-order valence-electron chi connectivity index (χ1n) is 8.26. The summed E-state index contributed by atoms with van der Waals surface area (Å²) in [6.45, 7) is 5.18. The van der Waals surface area contributed by atoms with Crippen LogP contribution in [0.5, 0.6) is 5.75 Å². The Balaban J connectivity index is 1.94. The Morgan fingerprint density at radius 2 is 1.96 bits per heavy atom. The van der Waals surface area contributed by atoms with Crippen molar-refractivity contribution in [2.24, 2.45) is 0 Å². The van der Waals surface area contributed by atoms with Gasteiger partial charge < -0.3 is 10.1 Å². The zero-order chi connectivity index (χ0) is 16.7. The molecule has 1 aliphatic heterocycles. The van der Waals surface area contributed by atoms with Crippen molar-refractivity contribution >= 4 is 5.82 Å². The van der Waals surface area contributed by atoms with E-state index in [1.165, 1.54) is 16.7 Å². The van der Waals surface area contributed by atoms with Gasteiger partial charge in [-0.1, -0.05) is 24.3 Å². The molecule has 4 heteroatoms. The first-order chi connectivity index (χ1) is 11.7. The van der Waals surface area contributed by atoms with Crippen molar-refractivity contribution < 1.29 is 4.74 Å². The highest BCUT2D eigenvalue weighted by atomic mass is 16.5. The molecular weight excluding hydrogens is 298 g/mol. The van der Waals surface area contributed by atoms with E-state index in [9.17, 15) is 0 Å². The minimum Gasteiger partial charge on any atom is -0.496 e. The number of methoxy groups -OCH3 is 1. The first kappa shape index (κ1) is 14.8. The van der Waals surface area contributed by atoms with Gasteiger partial charge in [0.2, 0.25) is 0 Å². The van der Waals surface area contributed by atoms with Crippen molar-refractivity contribution in [1.29, 1.82) is 0 Å². The van der Waals surface area contributed by atoms with Gasteiger partial charge in [-0.15, -0.1) is 0 Å². The Kier molecular flexibility index (Phi) is 3.53. The molecule has 122 valence electrons. The maximum atomic E-state index is 5.55. The topological polar surface area (TPSA) is 39.1 Å². The second-order valence-corrected chi connectivity index (χ2v) is 6.25. The zero-order valence-corrected chi connectivity index (χ0v) is 14.3. The molecular formula is C20H21N3O. The van der Waals surface area contributed by atoms with E-state index in [2.05, 4.69) is 43.4 Å². The lowest BCUT2D eigenvalue weighted by Crippen LogP contribution is -2.06. The highest BCUT2D eigenvalue weighted by molar-refractivity contribution is 5.76. The summed E-state index contributed by atoms with van der Waals surface area (Å²) in [7, 11) is 1.71. The summed E-state index contributed by atoms with van der Waals surface area (Å²) in [4.78, 5) is 0. The number of rotatable bonds is 3. The Labute approximate surface area is 142 Å². The standard InChI is InChI=1S/C20H21N3O/c1-13-8-9-14(2)17(12-13)23-20-16(10-11-21-20)19(22-23)15-6-4-5-7-18(15)24-3/h4-9,12,21H,10-11H2,1-3H3. The van der Waals surface area contributed by atoms with E-state index in [0.717, 1.165) is 41.5 Å². The molecule has 0 radical (unpaired) electrons. The number of benzene rings is 2. The Morgan fingerprint density at radius 1 is 1.12 bits per heavy atom. The molecule has 0 atom stereocenters. The Bertz CT molecular complexity index is 911. The molecule has 0 saturated carbocycles. The van der Waals surface area contributed by atoms with Gasteiger partial charge in [-0.25, -0.2) is 4.68 Å². The fourth-order valence-corrected chi connectivity index (χ4v) is 3.35. The van der Waals surface area contributed by atoms with Crippen LogP contribution in [-0.2, 0) is 6.42 Å². The lowest BCUT2D eigenvalue weighted by atomic mass is 10.1. The van der Waals surface area contributed by atoms with Crippen molar-refractivity contribution in [1.82, 2.24) is 9.78 Å². The monoisotopic (exact) mass is 319 g/mol. The predicted molar refractivity (Wildman–Crippen MR) is 97.2 cm³/mol. The van der Waals surface area contributed by atoms with Crippen LogP contribution in [0.3, 0.4) is 0 Å². The first-order valence-corrected chi connectivity index (χ1v) is 8.26. The number of hydrogen-bond donors (Lipinski definition) is 1. The van der Waals surface area contributed by atoms with Gasteiger partial charge in [0.05, 0.1) is 12.8 Å². The number of para-hydroxylation sites is 1. The van der Waals surface area contributed by atoms with E-state index in [0.29, 0.717) is 0 Å². The minimum atomic E-state index is 0.859. The summed E-state index contributed by atoms with van der Waals surface area (Å²) in [5.41, 5.74) is 6.89. The van der Waals surface area contributed by atoms with Crippen LogP contribution < -0.4 is 10.1 Å². The maximum Gasteiger partial charge on any atom is 0.133 e. The van der Waals surface area contributed by atoms with Gasteiger partial charge in [-0.3, -0.25) is 0 Å². The molecule has 4 nitrogen and oxygen atoms in total. The lowest BCUT2D eigenvalue weighted by molar-refractivity contribution is 0.416. The van der Waals surface area contributed by atoms with E-state index in [1.54, 1.807) is 7.11 Å². The molecule has 0 amide bonds. The predicted octanol–water partition coefficient (Wildman–Crippen LogP) is 4.13. The molecule has 0 bridgehead atoms. The fourth-order valence-electron chi connectivity index (χ4n) is 3.35. The number of anilines is 1. The van der Waals surface area contributed by atoms with Gasteiger partial charge >= 0.3 is 0 Å². The summed E-state index contributed by atoms with van der Waals surface area (Å²) < 4.78 is 7.60. The van der Waals surface area contributed by atoms with Crippen LogP contribution in [0.15, 0.2) is 42.5 Å². The van der Waals surface area contributed by atoms with Crippen molar-refractivity contribution in [3.05, 3.63) is 59.2 Å². The van der Waals surface area contributed by atoms with Gasteiger partial charge in [-0.2, -0.15) is 5.10 Å². The zero-order valence-electron chi connectivity index (χ0n) is 14.3. The van der Waals surface area contributed by atoms with Crippen LogP contribution in [0.2, 0.25) is 0 Å². The SMILES string of the molecule is COc1ccccc1-c1nn(-c2cc(C)ccc2C)c2c1CCN2. The molecule has 0 aliphatic carbocycles. The summed E-state index contributed by atoms with van der Waals surface area (Å²) in [6, 6.07) is 14.6. The third-order valence-electron chi connectivity index (χ3n) is 4.61. The molecule has 24 heavy (non-hydrogen) atoms. The lowest BCUT2D eigenvalue weighted by Gasteiger charge is -2.10. The average molecular weight is 319 g/mol. The highest BCUT2D eigenvalue weighted by Crippen LogP contribution is 2.38. The van der Waals surface area contributed by atoms with Crippen molar-refractivity contribution in [2.75, 3.05) is 19.0 Å². The fraction of sp³-hybridized carbons (Fsp3) is 0.250. The van der Waals surface area contributed by atoms with Gasteiger partial charge in [0, 0.05) is 17.7 Å². The van der Waals surface area contributed by atoms with Crippen LogP contribution >= 0.6 is 0 Å². The smallest absolute Gasteiger partial charge is 0.133 e. The van der Waals surface area contributed by atoms with Gasteiger partial charge in [0.25, 0.3) is 0 Å². The third kappa shape index (κ3) is 2.26. The number of hydrogen-bond acceptors (Lipinski definition) is 3. The van der Waals surface area contributed by atoms with Crippen molar-refractivity contribution in [3.63, 3.8) is 0 Å². The third-order valence-corrected chi connectivity index (χ3v) is 4.61. The minimum absolute atomic E-state index is 0.859. The molecule has 0 fully saturated rings.